The summed E-state index contributed by atoms with van der Waals surface area (Å²) < 4.78 is 5.13. The monoisotopic (exact) mass is 283 g/mol. The maximum absolute atomic E-state index is 11.8. The predicted molar refractivity (Wildman–Crippen MR) is 80.9 cm³/mol. The first-order chi connectivity index (χ1) is 9.99. The van der Waals surface area contributed by atoms with Crippen molar-refractivity contribution in [3.8, 4) is 11.1 Å². The van der Waals surface area contributed by atoms with Crippen LogP contribution in [-0.2, 0) is 4.74 Å². The molecule has 0 unspecified atom stereocenters. The molecule has 0 saturated carbocycles. The van der Waals surface area contributed by atoms with Gasteiger partial charge >= 0.3 is 5.97 Å². The molecule has 0 radical (unpaired) electrons. The van der Waals surface area contributed by atoms with Crippen LogP contribution in [-0.4, -0.2) is 18.0 Å². The number of amides is 1. The molecule has 2 aromatic rings. The zero-order valence-corrected chi connectivity index (χ0v) is 12.0. The smallest absolute Gasteiger partial charge is 0.338 e. The number of carbonyl (C=O) groups is 2. The standard InChI is InChI=1S/C17H17NO3/c1-11(2)21-17(20)13-9-7-12(8-10-13)14-5-3-4-6-15(14)16(18)19/h3-11H,1-2H3,(H2,18,19). The summed E-state index contributed by atoms with van der Waals surface area (Å²) in [6, 6.07) is 14.0. The second kappa shape index (κ2) is 6.22. The van der Waals surface area contributed by atoms with Crippen molar-refractivity contribution in [1.82, 2.24) is 0 Å². The van der Waals surface area contributed by atoms with Gasteiger partial charge in [0.15, 0.2) is 0 Å². The SMILES string of the molecule is CC(C)OC(=O)c1ccc(-c2ccccc2C(N)=O)cc1. The predicted octanol–water partition coefficient (Wildman–Crippen LogP) is 3.02. The van der Waals surface area contributed by atoms with Crippen LogP contribution in [0.3, 0.4) is 0 Å². The molecule has 0 aliphatic heterocycles. The highest BCUT2D eigenvalue weighted by atomic mass is 16.5. The fourth-order valence-electron chi connectivity index (χ4n) is 2.02. The summed E-state index contributed by atoms with van der Waals surface area (Å²) in [4.78, 5) is 23.2. The summed E-state index contributed by atoms with van der Waals surface area (Å²) in [5.41, 5.74) is 7.87. The fourth-order valence-corrected chi connectivity index (χ4v) is 2.02. The van der Waals surface area contributed by atoms with E-state index in [1.54, 1.807) is 50.2 Å². The van der Waals surface area contributed by atoms with Crippen molar-refractivity contribution in [2.75, 3.05) is 0 Å². The highest BCUT2D eigenvalue weighted by molar-refractivity contribution is 6.00. The quantitative estimate of drug-likeness (QED) is 0.877. The van der Waals surface area contributed by atoms with Gasteiger partial charge in [-0.1, -0.05) is 30.3 Å². The van der Waals surface area contributed by atoms with E-state index in [4.69, 9.17) is 10.5 Å². The van der Waals surface area contributed by atoms with Crippen molar-refractivity contribution < 1.29 is 14.3 Å². The first kappa shape index (κ1) is 14.8. The normalized spacial score (nSPS) is 10.4. The van der Waals surface area contributed by atoms with Crippen LogP contribution in [0, 0.1) is 0 Å². The highest BCUT2D eigenvalue weighted by Crippen LogP contribution is 2.24. The van der Waals surface area contributed by atoms with E-state index in [-0.39, 0.29) is 12.1 Å². The van der Waals surface area contributed by atoms with E-state index >= 15 is 0 Å². The number of hydrogen-bond donors (Lipinski definition) is 1. The molecule has 0 saturated heterocycles. The molecule has 1 amide bonds. The lowest BCUT2D eigenvalue weighted by molar-refractivity contribution is 0.0378. The molecule has 21 heavy (non-hydrogen) atoms. The molecule has 0 heterocycles. The van der Waals surface area contributed by atoms with Crippen LogP contribution in [0.25, 0.3) is 11.1 Å². The van der Waals surface area contributed by atoms with Crippen LogP contribution in [0.1, 0.15) is 34.6 Å². The summed E-state index contributed by atoms with van der Waals surface area (Å²) in [5.74, 6) is -0.839. The Bertz CT molecular complexity index is 660. The number of hydrogen-bond acceptors (Lipinski definition) is 3. The average Bonchev–Trinajstić information content (AvgIpc) is 2.46. The molecule has 2 aromatic carbocycles. The number of benzene rings is 2. The number of ether oxygens (including phenoxy) is 1. The van der Waals surface area contributed by atoms with Gasteiger partial charge in [-0.05, 0) is 43.2 Å². The van der Waals surface area contributed by atoms with Gasteiger partial charge in [-0.3, -0.25) is 4.79 Å². The molecule has 0 spiro atoms. The second-order valence-electron chi connectivity index (χ2n) is 4.94. The van der Waals surface area contributed by atoms with Gasteiger partial charge < -0.3 is 10.5 Å². The molecule has 0 bridgehead atoms. The third-order valence-electron chi connectivity index (χ3n) is 2.97. The Labute approximate surface area is 123 Å². The van der Waals surface area contributed by atoms with E-state index in [1.165, 1.54) is 0 Å². The molecule has 0 aliphatic carbocycles. The van der Waals surface area contributed by atoms with Gasteiger partial charge in [0.05, 0.1) is 11.7 Å². The van der Waals surface area contributed by atoms with Crippen molar-refractivity contribution in [2.45, 2.75) is 20.0 Å². The topological polar surface area (TPSA) is 69.4 Å². The Morgan fingerprint density at radius 3 is 2.19 bits per heavy atom. The molecule has 2 N–H and O–H groups in total. The average molecular weight is 283 g/mol. The maximum Gasteiger partial charge on any atom is 0.338 e. The second-order valence-corrected chi connectivity index (χ2v) is 4.94. The minimum Gasteiger partial charge on any atom is -0.459 e. The molecule has 2 rings (SSSR count). The zero-order chi connectivity index (χ0) is 15.4. The lowest BCUT2D eigenvalue weighted by Crippen LogP contribution is -2.12. The number of primary amides is 1. The van der Waals surface area contributed by atoms with Crippen LogP contribution in [0.15, 0.2) is 48.5 Å². The molecule has 0 aliphatic rings. The van der Waals surface area contributed by atoms with E-state index < -0.39 is 5.91 Å². The van der Waals surface area contributed by atoms with E-state index in [0.29, 0.717) is 11.1 Å². The van der Waals surface area contributed by atoms with Crippen LogP contribution >= 0.6 is 0 Å². The minimum absolute atomic E-state index is 0.159. The van der Waals surface area contributed by atoms with Gasteiger partial charge in [0.2, 0.25) is 5.91 Å². The van der Waals surface area contributed by atoms with Crippen molar-refractivity contribution in [3.63, 3.8) is 0 Å². The van der Waals surface area contributed by atoms with Gasteiger partial charge in [0.1, 0.15) is 0 Å². The lowest BCUT2D eigenvalue weighted by Gasteiger charge is -2.09. The zero-order valence-electron chi connectivity index (χ0n) is 12.0. The summed E-state index contributed by atoms with van der Waals surface area (Å²) in [7, 11) is 0. The molecule has 4 nitrogen and oxygen atoms in total. The van der Waals surface area contributed by atoms with Gasteiger partial charge in [-0.15, -0.1) is 0 Å². The van der Waals surface area contributed by atoms with E-state index in [2.05, 4.69) is 0 Å². The van der Waals surface area contributed by atoms with E-state index in [9.17, 15) is 9.59 Å². The van der Waals surface area contributed by atoms with Crippen molar-refractivity contribution in [3.05, 3.63) is 59.7 Å². The highest BCUT2D eigenvalue weighted by Gasteiger charge is 2.12. The number of carbonyl (C=O) groups excluding carboxylic acids is 2. The molecular weight excluding hydrogens is 266 g/mol. The Hall–Kier alpha value is -2.62. The van der Waals surface area contributed by atoms with Crippen LogP contribution in [0.2, 0.25) is 0 Å². The fraction of sp³-hybridized carbons (Fsp3) is 0.176. The van der Waals surface area contributed by atoms with Gasteiger partial charge in [-0.25, -0.2) is 4.79 Å². The molecule has 0 aromatic heterocycles. The van der Waals surface area contributed by atoms with Crippen LogP contribution in [0.4, 0.5) is 0 Å². The summed E-state index contributed by atoms with van der Waals surface area (Å²) in [6.07, 6.45) is -0.159. The number of esters is 1. The van der Waals surface area contributed by atoms with Crippen molar-refractivity contribution in [2.24, 2.45) is 5.73 Å². The van der Waals surface area contributed by atoms with Gasteiger partial charge in [-0.2, -0.15) is 0 Å². The molecule has 108 valence electrons. The van der Waals surface area contributed by atoms with Crippen LogP contribution in [0.5, 0.6) is 0 Å². The first-order valence-corrected chi connectivity index (χ1v) is 6.69. The van der Waals surface area contributed by atoms with Crippen molar-refractivity contribution >= 4 is 11.9 Å². The molecular formula is C17H17NO3. The molecule has 4 heteroatoms. The van der Waals surface area contributed by atoms with Crippen LogP contribution < -0.4 is 5.73 Å². The minimum atomic E-state index is -0.478. The largest absolute Gasteiger partial charge is 0.459 e. The van der Waals surface area contributed by atoms with E-state index in [1.807, 2.05) is 12.1 Å². The maximum atomic E-state index is 11.8. The van der Waals surface area contributed by atoms with E-state index in [0.717, 1.165) is 11.1 Å². The summed E-state index contributed by atoms with van der Waals surface area (Å²) >= 11 is 0. The van der Waals surface area contributed by atoms with Gasteiger partial charge in [0.25, 0.3) is 0 Å². The lowest BCUT2D eigenvalue weighted by atomic mass is 9.98. The Morgan fingerprint density at radius 1 is 1.00 bits per heavy atom. The van der Waals surface area contributed by atoms with Crippen molar-refractivity contribution in [1.29, 1.82) is 0 Å². The Balaban J connectivity index is 2.32. The number of nitrogens with two attached hydrogens (primary N) is 1. The Morgan fingerprint density at radius 2 is 1.62 bits per heavy atom. The Kier molecular flexibility index (Phi) is 4.38. The van der Waals surface area contributed by atoms with Gasteiger partial charge in [0, 0.05) is 5.56 Å². The first-order valence-electron chi connectivity index (χ1n) is 6.69. The molecule has 0 fully saturated rings. The third kappa shape index (κ3) is 3.48. The summed E-state index contributed by atoms with van der Waals surface area (Å²) in [6.45, 7) is 3.60. The third-order valence-corrected chi connectivity index (χ3v) is 2.97. The summed E-state index contributed by atoms with van der Waals surface area (Å²) in [5, 5.41) is 0. The number of rotatable bonds is 4. The molecule has 0 atom stereocenters.